The van der Waals surface area contributed by atoms with Crippen molar-refractivity contribution in [2.75, 3.05) is 41.0 Å². The number of allylic oxidation sites excluding steroid dienone is 8. The molecule has 2 unspecified atom stereocenters. The van der Waals surface area contributed by atoms with Gasteiger partial charge in [-0.15, -0.1) is 0 Å². The topological polar surface area (TPSA) is 102 Å². The van der Waals surface area contributed by atoms with Crippen molar-refractivity contribution in [1.29, 1.82) is 0 Å². The number of ether oxygens (including phenoxy) is 3. The molecule has 0 spiro atoms. The van der Waals surface area contributed by atoms with Crippen molar-refractivity contribution in [1.82, 2.24) is 0 Å². The second kappa shape index (κ2) is 38.2. The van der Waals surface area contributed by atoms with Gasteiger partial charge in [-0.1, -0.05) is 140 Å². The van der Waals surface area contributed by atoms with Crippen molar-refractivity contribution in [3.05, 3.63) is 48.6 Å². The molecular weight excluding hydrogens is 691 g/mol. The second-order valence-corrected chi connectivity index (χ2v) is 15.9. The number of aliphatic carboxylic acids is 1. The molecule has 0 rings (SSSR count). The van der Waals surface area contributed by atoms with Crippen LogP contribution in [0.3, 0.4) is 0 Å². The molecule has 0 amide bonds. The SMILES string of the molecule is CCCC/C=C\C/C=C\CCCCCCCC(=O)OCC(COCCC(C(=O)[O-])[N+](C)(C)C)OC(=O)CCCCCCCCC/C=C\C/C=C\CCCCC. The van der Waals surface area contributed by atoms with Gasteiger partial charge in [0.15, 0.2) is 6.10 Å². The Labute approximate surface area is 337 Å². The third-order valence-electron chi connectivity index (χ3n) is 9.69. The summed E-state index contributed by atoms with van der Waals surface area (Å²) in [5.41, 5.74) is 0. The maximum Gasteiger partial charge on any atom is 0.306 e. The molecule has 0 aliphatic heterocycles. The molecule has 0 N–H and O–H groups in total. The van der Waals surface area contributed by atoms with E-state index < -0.39 is 18.1 Å². The average molecular weight is 774 g/mol. The maximum atomic E-state index is 12.7. The molecule has 0 bridgehead atoms. The fourth-order valence-corrected chi connectivity index (χ4v) is 6.18. The minimum Gasteiger partial charge on any atom is -0.544 e. The van der Waals surface area contributed by atoms with Gasteiger partial charge in [0, 0.05) is 19.3 Å². The molecule has 0 aliphatic rings. The zero-order chi connectivity index (χ0) is 40.7. The normalized spacial score (nSPS) is 13.4. The molecule has 8 nitrogen and oxygen atoms in total. The summed E-state index contributed by atoms with van der Waals surface area (Å²) in [6, 6.07) is -0.730. The number of carboxylic acids is 1. The molecule has 0 saturated heterocycles. The fraction of sp³-hybridized carbons (Fsp3) is 0.766. The lowest BCUT2D eigenvalue weighted by Crippen LogP contribution is -2.55. The van der Waals surface area contributed by atoms with E-state index in [1.54, 1.807) is 21.1 Å². The summed E-state index contributed by atoms with van der Waals surface area (Å²) in [6.07, 6.45) is 44.1. The Balaban J connectivity index is 4.38. The van der Waals surface area contributed by atoms with E-state index in [2.05, 4.69) is 62.5 Å². The zero-order valence-corrected chi connectivity index (χ0v) is 36.1. The lowest BCUT2D eigenvalue weighted by molar-refractivity contribution is -0.889. The third kappa shape index (κ3) is 36.7. The number of carbonyl (C=O) groups is 3. The number of unbranched alkanes of at least 4 members (excludes halogenated alkanes) is 17. The van der Waals surface area contributed by atoms with Crippen molar-refractivity contribution in [3.63, 3.8) is 0 Å². The van der Waals surface area contributed by atoms with Crippen LogP contribution in [0.2, 0.25) is 0 Å². The van der Waals surface area contributed by atoms with E-state index in [1.807, 2.05) is 0 Å². The van der Waals surface area contributed by atoms with Gasteiger partial charge in [-0.3, -0.25) is 9.59 Å². The van der Waals surface area contributed by atoms with Crippen molar-refractivity contribution in [3.8, 4) is 0 Å². The van der Waals surface area contributed by atoms with E-state index in [9.17, 15) is 19.5 Å². The van der Waals surface area contributed by atoms with Crippen LogP contribution in [0.5, 0.6) is 0 Å². The summed E-state index contributed by atoms with van der Waals surface area (Å²) in [6.45, 7) is 4.57. The number of carbonyl (C=O) groups excluding carboxylic acids is 3. The van der Waals surface area contributed by atoms with E-state index >= 15 is 0 Å². The van der Waals surface area contributed by atoms with Gasteiger partial charge in [-0.25, -0.2) is 0 Å². The van der Waals surface area contributed by atoms with Gasteiger partial charge in [-0.05, 0) is 70.6 Å². The van der Waals surface area contributed by atoms with E-state index in [0.29, 0.717) is 12.8 Å². The van der Waals surface area contributed by atoms with Gasteiger partial charge in [0.05, 0.1) is 40.3 Å². The number of likely N-dealkylation sites (N-methyl/N-ethyl adjacent to an activating group) is 1. The summed E-state index contributed by atoms with van der Waals surface area (Å²) in [7, 11) is 5.40. The second-order valence-electron chi connectivity index (χ2n) is 15.9. The number of rotatable bonds is 39. The number of hydrogen-bond acceptors (Lipinski definition) is 7. The van der Waals surface area contributed by atoms with Crippen LogP contribution >= 0.6 is 0 Å². The van der Waals surface area contributed by atoms with Crippen LogP contribution < -0.4 is 5.11 Å². The van der Waals surface area contributed by atoms with Crippen LogP contribution in [0.1, 0.15) is 181 Å². The smallest absolute Gasteiger partial charge is 0.306 e. The van der Waals surface area contributed by atoms with Crippen molar-refractivity contribution < 1.29 is 38.2 Å². The minimum atomic E-state index is -1.13. The van der Waals surface area contributed by atoms with Crippen LogP contribution in [-0.2, 0) is 28.6 Å². The summed E-state index contributed by atoms with van der Waals surface area (Å²) >= 11 is 0. The Kier molecular flexibility index (Phi) is 36.3. The molecule has 8 heteroatoms. The highest BCUT2D eigenvalue weighted by molar-refractivity contribution is 5.70. The Bertz CT molecular complexity index is 1040. The number of carboxylic acid groups (broad SMARTS) is 1. The highest BCUT2D eigenvalue weighted by Crippen LogP contribution is 2.13. The van der Waals surface area contributed by atoms with E-state index in [0.717, 1.165) is 77.0 Å². The van der Waals surface area contributed by atoms with Gasteiger partial charge in [0.2, 0.25) is 0 Å². The van der Waals surface area contributed by atoms with Gasteiger partial charge in [0.1, 0.15) is 12.6 Å². The van der Waals surface area contributed by atoms with Gasteiger partial charge in [-0.2, -0.15) is 0 Å². The molecule has 0 radical (unpaired) electrons. The molecular formula is C47H83NO7. The first-order chi connectivity index (χ1) is 26.6. The lowest BCUT2D eigenvalue weighted by Gasteiger charge is -2.34. The first-order valence-corrected chi connectivity index (χ1v) is 22.2. The van der Waals surface area contributed by atoms with E-state index in [1.165, 1.54) is 70.6 Å². The molecule has 2 atom stereocenters. The Hall–Kier alpha value is -2.71. The largest absolute Gasteiger partial charge is 0.544 e. The number of hydrogen-bond donors (Lipinski definition) is 0. The molecule has 0 aromatic carbocycles. The Morgan fingerprint density at radius 1 is 0.545 bits per heavy atom. The Morgan fingerprint density at radius 3 is 1.45 bits per heavy atom. The monoisotopic (exact) mass is 774 g/mol. The summed E-state index contributed by atoms with van der Waals surface area (Å²) in [5, 5.41) is 11.6. The lowest BCUT2D eigenvalue weighted by atomic mass is 10.1. The summed E-state index contributed by atoms with van der Waals surface area (Å²) < 4.78 is 17.1. The molecule has 0 saturated carbocycles. The molecule has 0 fully saturated rings. The third-order valence-corrected chi connectivity index (χ3v) is 9.69. The first kappa shape index (κ1) is 52.3. The van der Waals surface area contributed by atoms with E-state index in [-0.39, 0.29) is 42.7 Å². The zero-order valence-electron chi connectivity index (χ0n) is 36.1. The van der Waals surface area contributed by atoms with Crippen LogP contribution in [0.4, 0.5) is 0 Å². The summed E-state index contributed by atoms with van der Waals surface area (Å²) in [5.74, 6) is -1.76. The van der Waals surface area contributed by atoms with Crippen LogP contribution in [-0.4, -0.2) is 75.5 Å². The summed E-state index contributed by atoms with van der Waals surface area (Å²) in [4.78, 5) is 36.8. The van der Waals surface area contributed by atoms with Crippen molar-refractivity contribution >= 4 is 17.9 Å². The van der Waals surface area contributed by atoms with Crippen LogP contribution in [0.25, 0.3) is 0 Å². The number of esters is 2. The highest BCUT2D eigenvalue weighted by Gasteiger charge is 2.25. The first-order valence-electron chi connectivity index (χ1n) is 22.2. The molecule has 0 aromatic heterocycles. The number of nitrogens with zero attached hydrogens (tertiary/aromatic N) is 1. The van der Waals surface area contributed by atoms with Gasteiger partial charge in [0.25, 0.3) is 0 Å². The van der Waals surface area contributed by atoms with E-state index in [4.69, 9.17) is 14.2 Å². The standard InChI is InChI=1S/C47H83NO7/c1-6-8-10-12-14-16-18-20-22-23-24-26-28-30-32-34-36-38-46(50)55-43(41-53-40-39-44(47(51)52)48(3,4)5)42-54-45(49)37-35-33-31-29-27-25-21-19-17-15-13-11-9-7-2/h13-16,19-22,43-44H,6-12,17-18,23-42H2,1-5H3/b15-13-,16-14-,21-19-,22-20-. The fourth-order valence-electron chi connectivity index (χ4n) is 6.18. The highest BCUT2D eigenvalue weighted by atomic mass is 16.6. The quantitative estimate of drug-likeness (QED) is 0.0265. The molecule has 0 aliphatic carbocycles. The molecule has 0 heterocycles. The molecule has 0 aromatic rings. The Morgan fingerprint density at radius 2 is 0.982 bits per heavy atom. The van der Waals surface area contributed by atoms with Crippen molar-refractivity contribution in [2.24, 2.45) is 0 Å². The van der Waals surface area contributed by atoms with Gasteiger partial charge < -0.3 is 28.6 Å². The number of quaternary nitrogens is 1. The average Bonchev–Trinajstić information content (AvgIpc) is 3.14. The van der Waals surface area contributed by atoms with Gasteiger partial charge >= 0.3 is 11.9 Å². The predicted octanol–water partition coefficient (Wildman–Crippen LogP) is 10.7. The van der Waals surface area contributed by atoms with Crippen LogP contribution in [0.15, 0.2) is 48.6 Å². The van der Waals surface area contributed by atoms with Crippen LogP contribution in [0, 0.1) is 0 Å². The minimum absolute atomic E-state index is 0.0322. The van der Waals surface area contributed by atoms with Crippen molar-refractivity contribution in [2.45, 2.75) is 193 Å². The maximum absolute atomic E-state index is 12.7. The molecule has 55 heavy (non-hydrogen) atoms. The predicted molar refractivity (Wildman–Crippen MR) is 226 cm³/mol. The molecule has 318 valence electrons.